The van der Waals surface area contributed by atoms with Crippen LogP contribution in [0.5, 0.6) is 0 Å². The Bertz CT molecular complexity index is 335. The van der Waals surface area contributed by atoms with Crippen molar-refractivity contribution in [1.82, 2.24) is 10.2 Å². The van der Waals surface area contributed by atoms with Crippen LogP contribution in [0.3, 0.4) is 0 Å². The van der Waals surface area contributed by atoms with Gasteiger partial charge in [0.05, 0.1) is 12.0 Å². The van der Waals surface area contributed by atoms with Crippen molar-refractivity contribution in [3.63, 3.8) is 0 Å². The van der Waals surface area contributed by atoms with Crippen LogP contribution in [0.1, 0.15) is 6.92 Å². The van der Waals surface area contributed by atoms with Gasteiger partial charge >= 0.3 is 0 Å². The predicted octanol–water partition coefficient (Wildman–Crippen LogP) is 0.834. The summed E-state index contributed by atoms with van der Waals surface area (Å²) in [7, 11) is 0. The first kappa shape index (κ1) is 9.40. The minimum atomic E-state index is -0.0911. The lowest BCUT2D eigenvalue weighted by atomic mass is 9.92. The van der Waals surface area contributed by atoms with Crippen molar-refractivity contribution in [2.45, 2.75) is 13.0 Å². The smallest absolute Gasteiger partial charge is 0.238 e. The molecule has 1 fully saturated rings. The Morgan fingerprint density at radius 3 is 2.93 bits per heavy atom. The van der Waals surface area contributed by atoms with Gasteiger partial charge in [-0.2, -0.15) is 0 Å². The Hall–Kier alpha value is -1.16. The molecule has 0 aromatic heterocycles. The third-order valence-electron chi connectivity index (χ3n) is 2.54. The molecule has 4 heteroatoms. The highest BCUT2D eigenvalue weighted by Crippen LogP contribution is 2.20. The molecule has 14 heavy (non-hydrogen) atoms. The molecule has 3 nitrogen and oxygen atoms in total. The molecule has 0 aromatic rings. The summed E-state index contributed by atoms with van der Waals surface area (Å²) in [5, 5.41) is 3.69. The van der Waals surface area contributed by atoms with Crippen molar-refractivity contribution in [3.8, 4) is 0 Å². The van der Waals surface area contributed by atoms with Gasteiger partial charge in [-0.05, 0) is 19.1 Å². The summed E-state index contributed by atoms with van der Waals surface area (Å²) in [6.45, 7) is 2.56. The number of hydrogen-bond donors (Lipinski definition) is 1. The zero-order valence-corrected chi connectivity index (χ0v) is 8.75. The standard InChI is InChI=1S/C10H12N2OS/c1-2-12-9(13)7-5-3-4-6-8(7)11-10(12)14/h3-8H,2H2,1H3,(H,11,14)/t7-,8-/m1/s1. The first-order chi connectivity index (χ1) is 6.74. The molecule has 0 unspecified atom stereocenters. The van der Waals surface area contributed by atoms with Crippen LogP contribution in [0.15, 0.2) is 24.3 Å². The summed E-state index contributed by atoms with van der Waals surface area (Å²) in [6.07, 6.45) is 7.74. The fourth-order valence-electron chi connectivity index (χ4n) is 1.78. The van der Waals surface area contributed by atoms with Crippen molar-refractivity contribution in [1.29, 1.82) is 0 Å². The third kappa shape index (κ3) is 1.35. The Kier molecular flexibility index (Phi) is 2.37. The number of rotatable bonds is 1. The van der Waals surface area contributed by atoms with Gasteiger partial charge in [-0.15, -0.1) is 0 Å². The SMILES string of the molecule is CCN1C(=O)[C@@H]2C=CC=C[C@H]2NC1=S. The van der Waals surface area contributed by atoms with Crippen molar-refractivity contribution < 1.29 is 4.79 Å². The summed E-state index contributed by atoms with van der Waals surface area (Å²) in [4.78, 5) is 13.5. The maximum atomic E-state index is 11.9. The van der Waals surface area contributed by atoms with Gasteiger partial charge in [-0.25, -0.2) is 0 Å². The lowest BCUT2D eigenvalue weighted by Crippen LogP contribution is -2.58. The lowest BCUT2D eigenvalue weighted by molar-refractivity contribution is -0.131. The second kappa shape index (κ2) is 3.53. The fourth-order valence-corrected chi connectivity index (χ4v) is 2.14. The number of carbonyl (C=O) groups excluding carboxylic acids is 1. The van der Waals surface area contributed by atoms with Crippen molar-refractivity contribution in [2.75, 3.05) is 6.54 Å². The fraction of sp³-hybridized carbons (Fsp3) is 0.400. The number of thiocarbonyl (C=S) groups is 1. The number of fused-ring (bicyclic) bond motifs is 1. The molecule has 0 saturated carbocycles. The molecule has 2 atom stereocenters. The molecule has 0 radical (unpaired) electrons. The summed E-state index contributed by atoms with van der Waals surface area (Å²) in [6, 6.07) is 0.0443. The van der Waals surface area contributed by atoms with Gasteiger partial charge in [-0.1, -0.05) is 24.3 Å². The molecule has 1 aliphatic carbocycles. The topological polar surface area (TPSA) is 32.3 Å². The van der Waals surface area contributed by atoms with Crippen LogP contribution in [0.2, 0.25) is 0 Å². The van der Waals surface area contributed by atoms with E-state index in [4.69, 9.17) is 12.2 Å². The van der Waals surface area contributed by atoms with E-state index < -0.39 is 0 Å². The van der Waals surface area contributed by atoms with Gasteiger partial charge in [0.1, 0.15) is 0 Å². The molecule has 0 bridgehead atoms. The second-order valence-electron chi connectivity index (χ2n) is 3.35. The van der Waals surface area contributed by atoms with Crippen LogP contribution in [-0.4, -0.2) is 28.5 Å². The first-order valence-corrected chi connectivity index (χ1v) is 5.11. The van der Waals surface area contributed by atoms with E-state index in [9.17, 15) is 4.79 Å². The number of carbonyl (C=O) groups is 1. The quantitative estimate of drug-likeness (QED) is 0.648. The lowest BCUT2D eigenvalue weighted by Gasteiger charge is -2.37. The normalized spacial score (nSPS) is 30.2. The van der Waals surface area contributed by atoms with E-state index in [0.29, 0.717) is 11.7 Å². The van der Waals surface area contributed by atoms with E-state index in [-0.39, 0.29) is 17.9 Å². The van der Waals surface area contributed by atoms with Crippen molar-refractivity contribution in [3.05, 3.63) is 24.3 Å². The van der Waals surface area contributed by atoms with Crippen molar-refractivity contribution in [2.24, 2.45) is 5.92 Å². The van der Waals surface area contributed by atoms with Crippen LogP contribution >= 0.6 is 12.2 Å². The van der Waals surface area contributed by atoms with E-state index in [1.165, 1.54) is 0 Å². The Labute approximate surface area is 88.5 Å². The summed E-state index contributed by atoms with van der Waals surface area (Å²) >= 11 is 5.11. The molecule has 1 amide bonds. The van der Waals surface area contributed by atoms with Crippen LogP contribution in [0.4, 0.5) is 0 Å². The molecule has 0 spiro atoms. The maximum absolute atomic E-state index is 11.9. The van der Waals surface area contributed by atoms with Crippen LogP contribution in [0.25, 0.3) is 0 Å². The number of allylic oxidation sites excluding steroid dienone is 2. The molecule has 2 rings (SSSR count). The molecular formula is C10H12N2OS. The molecule has 2 aliphatic rings. The number of nitrogens with one attached hydrogen (secondary N) is 1. The van der Waals surface area contributed by atoms with Gasteiger partial charge in [0.15, 0.2) is 5.11 Å². The summed E-state index contributed by atoms with van der Waals surface area (Å²) < 4.78 is 0. The second-order valence-corrected chi connectivity index (χ2v) is 3.74. The zero-order chi connectivity index (χ0) is 10.1. The third-order valence-corrected chi connectivity index (χ3v) is 2.88. The van der Waals surface area contributed by atoms with Gasteiger partial charge in [0.25, 0.3) is 0 Å². The molecule has 1 aliphatic heterocycles. The van der Waals surface area contributed by atoms with Crippen LogP contribution < -0.4 is 5.32 Å². The van der Waals surface area contributed by atoms with Gasteiger partial charge in [0, 0.05) is 6.54 Å². The Balaban J connectivity index is 2.26. The zero-order valence-electron chi connectivity index (χ0n) is 7.93. The van der Waals surface area contributed by atoms with Gasteiger partial charge in [0.2, 0.25) is 5.91 Å². The average molecular weight is 208 g/mol. The van der Waals surface area contributed by atoms with Crippen LogP contribution in [0, 0.1) is 5.92 Å². The molecule has 1 saturated heterocycles. The highest BCUT2D eigenvalue weighted by Gasteiger charge is 2.36. The molecule has 74 valence electrons. The molecule has 0 aromatic carbocycles. The van der Waals surface area contributed by atoms with E-state index in [0.717, 1.165) is 0 Å². The highest BCUT2D eigenvalue weighted by atomic mass is 32.1. The van der Waals surface area contributed by atoms with E-state index in [1.54, 1.807) is 4.90 Å². The van der Waals surface area contributed by atoms with E-state index >= 15 is 0 Å². The Morgan fingerprint density at radius 1 is 1.50 bits per heavy atom. The van der Waals surface area contributed by atoms with E-state index in [2.05, 4.69) is 5.32 Å². The average Bonchev–Trinajstić information content (AvgIpc) is 2.18. The van der Waals surface area contributed by atoms with Crippen LogP contribution in [-0.2, 0) is 4.79 Å². The monoisotopic (exact) mass is 208 g/mol. The molecular weight excluding hydrogens is 196 g/mol. The summed E-state index contributed by atoms with van der Waals surface area (Å²) in [5.41, 5.74) is 0. The highest BCUT2D eigenvalue weighted by molar-refractivity contribution is 7.80. The van der Waals surface area contributed by atoms with E-state index in [1.807, 2.05) is 31.2 Å². The molecule has 1 heterocycles. The number of nitrogens with zero attached hydrogens (tertiary/aromatic N) is 1. The maximum Gasteiger partial charge on any atom is 0.238 e. The predicted molar refractivity (Wildman–Crippen MR) is 58.7 cm³/mol. The largest absolute Gasteiger partial charge is 0.355 e. The molecule has 1 N–H and O–H groups in total. The van der Waals surface area contributed by atoms with Gasteiger partial charge in [-0.3, -0.25) is 9.69 Å². The van der Waals surface area contributed by atoms with Gasteiger partial charge < -0.3 is 5.32 Å². The number of hydrogen-bond acceptors (Lipinski definition) is 2. The first-order valence-electron chi connectivity index (χ1n) is 4.71. The summed E-state index contributed by atoms with van der Waals surface area (Å²) in [5.74, 6) is 0.00787. The Morgan fingerprint density at radius 2 is 2.21 bits per heavy atom. The van der Waals surface area contributed by atoms with Crippen molar-refractivity contribution >= 4 is 23.2 Å². The minimum Gasteiger partial charge on any atom is -0.355 e. The number of amides is 1. The minimum absolute atomic E-state index is 0.0443.